The van der Waals surface area contributed by atoms with Gasteiger partial charge in [0.1, 0.15) is 6.54 Å². The zero-order chi connectivity index (χ0) is 16.9. The minimum absolute atomic E-state index is 0. The second kappa shape index (κ2) is 14.7. The summed E-state index contributed by atoms with van der Waals surface area (Å²) in [5.41, 5.74) is 0. The lowest BCUT2D eigenvalue weighted by molar-refractivity contribution is -0.119. The summed E-state index contributed by atoms with van der Waals surface area (Å²) < 4.78 is 0. The highest BCUT2D eigenvalue weighted by molar-refractivity contribution is 14.0. The third kappa shape index (κ3) is 9.66. The van der Waals surface area contributed by atoms with Gasteiger partial charge in [-0.05, 0) is 39.2 Å². The molecular weight excluding hydrogens is 417 g/mol. The van der Waals surface area contributed by atoms with E-state index in [1.54, 1.807) is 0 Å². The number of amides is 1. The van der Waals surface area contributed by atoms with Crippen molar-refractivity contribution in [1.29, 1.82) is 0 Å². The van der Waals surface area contributed by atoms with Crippen LogP contribution in [0.15, 0.2) is 4.99 Å². The number of likely N-dealkylation sites (tertiary alicyclic amines) is 1. The molecule has 0 aromatic rings. The van der Waals surface area contributed by atoms with Gasteiger partial charge in [-0.25, -0.2) is 4.99 Å². The molecule has 1 amide bonds. The summed E-state index contributed by atoms with van der Waals surface area (Å²) in [6.45, 7) is 11.1. The maximum Gasteiger partial charge on any atom is 0.241 e. The fourth-order valence-corrected chi connectivity index (χ4v) is 2.95. The Morgan fingerprint density at radius 3 is 2.58 bits per heavy atom. The van der Waals surface area contributed by atoms with Crippen LogP contribution in [0, 0.1) is 0 Å². The largest absolute Gasteiger partial charge is 0.357 e. The summed E-state index contributed by atoms with van der Waals surface area (Å²) in [4.78, 5) is 18.6. The lowest BCUT2D eigenvalue weighted by Gasteiger charge is -2.35. The average Bonchev–Trinajstić information content (AvgIpc) is 2.58. The van der Waals surface area contributed by atoms with E-state index >= 15 is 0 Å². The summed E-state index contributed by atoms with van der Waals surface area (Å²) in [6, 6.07) is 0.727. The van der Waals surface area contributed by atoms with Crippen molar-refractivity contribution in [2.24, 2.45) is 4.99 Å². The van der Waals surface area contributed by atoms with Crippen LogP contribution in [0.4, 0.5) is 0 Å². The van der Waals surface area contributed by atoms with E-state index in [1.807, 2.05) is 13.8 Å². The van der Waals surface area contributed by atoms with Crippen LogP contribution in [0.2, 0.25) is 0 Å². The van der Waals surface area contributed by atoms with Gasteiger partial charge in [-0.15, -0.1) is 24.0 Å². The molecular formula is C17H36IN5O. The fourth-order valence-electron chi connectivity index (χ4n) is 2.95. The molecule has 7 heteroatoms. The first-order valence-electron chi connectivity index (χ1n) is 9.24. The van der Waals surface area contributed by atoms with Crippen LogP contribution in [0.5, 0.6) is 0 Å². The van der Waals surface area contributed by atoms with Crippen molar-refractivity contribution in [3.63, 3.8) is 0 Å². The summed E-state index contributed by atoms with van der Waals surface area (Å²) in [5.74, 6) is 0.704. The Hall–Kier alpha value is -0.570. The lowest BCUT2D eigenvalue weighted by Crippen LogP contribution is -2.46. The van der Waals surface area contributed by atoms with E-state index in [0.29, 0.717) is 6.54 Å². The molecule has 1 atom stereocenters. The summed E-state index contributed by atoms with van der Waals surface area (Å²) in [7, 11) is 0. The predicted molar refractivity (Wildman–Crippen MR) is 112 cm³/mol. The van der Waals surface area contributed by atoms with Gasteiger partial charge in [0.2, 0.25) is 5.91 Å². The topological polar surface area (TPSA) is 68.8 Å². The number of nitrogens with zero attached hydrogens (tertiary/aromatic N) is 2. The Balaban J connectivity index is 0.00000529. The van der Waals surface area contributed by atoms with Crippen molar-refractivity contribution >= 4 is 35.8 Å². The Morgan fingerprint density at radius 2 is 1.92 bits per heavy atom. The molecule has 0 bridgehead atoms. The van der Waals surface area contributed by atoms with E-state index in [2.05, 4.69) is 32.8 Å². The molecule has 1 saturated heterocycles. The first-order chi connectivity index (χ1) is 11.2. The molecule has 0 aliphatic carbocycles. The monoisotopic (exact) mass is 453 g/mol. The van der Waals surface area contributed by atoms with Crippen LogP contribution >= 0.6 is 24.0 Å². The number of carbonyl (C=O) groups is 1. The molecule has 1 aliphatic rings. The molecule has 1 unspecified atom stereocenters. The quantitative estimate of drug-likeness (QED) is 0.284. The number of carbonyl (C=O) groups excluding carboxylic acids is 1. The van der Waals surface area contributed by atoms with Crippen LogP contribution in [0.1, 0.15) is 52.9 Å². The highest BCUT2D eigenvalue weighted by atomic mass is 127. The van der Waals surface area contributed by atoms with Crippen molar-refractivity contribution in [3.8, 4) is 0 Å². The van der Waals surface area contributed by atoms with Gasteiger partial charge >= 0.3 is 0 Å². The zero-order valence-electron chi connectivity index (χ0n) is 15.6. The third-order valence-corrected chi connectivity index (χ3v) is 4.21. The molecule has 1 heterocycles. The Bertz CT molecular complexity index is 365. The standard InChI is InChI=1S/C17H35N5O.HI/c1-4-10-19-16(23)14-21-17(18-6-3)20-11-13-22-12-8-7-9-15(22)5-2;/h15H,4-14H2,1-3H3,(H,19,23)(H2,18,20,21);1H. The molecule has 0 saturated carbocycles. The number of nitrogens with one attached hydrogen (secondary N) is 3. The Kier molecular flexibility index (Phi) is 14.4. The van der Waals surface area contributed by atoms with Crippen molar-refractivity contribution in [2.45, 2.75) is 58.9 Å². The van der Waals surface area contributed by atoms with Crippen molar-refractivity contribution in [1.82, 2.24) is 20.9 Å². The normalized spacial score (nSPS) is 18.6. The van der Waals surface area contributed by atoms with Crippen LogP contribution < -0.4 is 16.0 Å². The Morgan fingerprint density at radius 1 is 1.12 bits per heavy atom. The third-order valence-electron chi connectivity index (χ3n) is 4.21. The number of halogens is 1. The Labute approximate surface area is 164 Å². The van der Waals surface area contributed by atoms with Crippen LogP contribution in [-0.4, -0.2) is 62.1 Å². The van der Waals surface area contributed by atoms with E-state index in [-0.39, 0.29) is 36.4 Å². The molecule has 24 heavy (non-hydrogen) atoms. The SMILES string of the molecule is CCCNC(=O)CN=C(NCC)NCCN1CCCCC1CC.I. The predicted octanol–water partition coefficient (Wildman–Crippen LogP) is 1.95. The second-order valence-corrected chi connectivity index (χ2v) is 6.07. The van der Waals surface area contributed by atoms with Crippen LogP contribution in [0.25, 0.3) is 0 Å². The number of hydrogen-bond acceptors (Lipinski definition) is 3. The lowest BCUT2D eigenvalue weighted by atomic mass is 10.0. The smallest absolute Gasteiger partial charge is 0.241 e. The molecule has 6 nitrogen and oxygen atoms in total. The molecule has 0 radical (unpaired) electrons. The minimum atomic E-state index is -0.0221. The fraction of sp³-hybridized carbons (Fsp3) is 0.882. The summed E-state index contributed by atoms with van der Waals surface area (Å²) in [6.07, 6.45) is 6.16. The molecule has 0 aromatic heterocycles. The van der Waals surface area contributed by atoms with Crippen molar-refractivity contribution in [2.75, 3.05) is 39.3 Å². The maximum atomic E-state index is 11.6. The van der Waals surface area contributed by atoms with Gasteiger partial charge in [-0.3, -0.25) is 9.69 Å². The molecule has 0 spiro atoms. The van der Waals surface area contributed by atoms with E-state index < -0.39 is 0 Å². The minimum Gasteiger partial charge on any atom is -0.357 e. The van der Waals surface area contributed by atoms with Crippen molar-refractivity contribution < 1.29 is 4.79 Å². The second-order valence-electron chi connectivity index (χ2n) is 6.07. The van der Waals surface area contributed by atoms with Gasteiger partial charge < -0.3 is 16.0 Å². The summed E-state index contributed by atoms with van der Waals surface area (Å²) in [5, 5.41) is 9.38. The number of hydrogen-bond donors (Lipinski definition) is 3. The molecule has 1 aliphatic heterocycles. The number of aliphatic imine (C=N–C) groups is 1. The molecule has 1 fully saturated rings. The first kappa shape index (κ1) is 23.4. The zero-order valence-corrected chi connectivity index (χ0v) is 17.9. The van der Waals surface area contributed by atoms with Gasteiger partial charge in [-0.2, -0.15) is 0 Å². The van der Waals surface area contributed by atoms with E-state index in [9.17, 15) is 4.79 Å². The number of guanidine groups is 1. The highest BCUT2D eigenvalue weighted by Crippen LogP contribution is 2.18. The molecule has 3 N–H and O–H groups in total. The summed E-state index contributed by atoms with van der Waals surface area (Å²) >= 11 is 0. The van der Waals surface area contributed by atoms with E-state index in [1.165, 1.54) is 32.2 Å². The first-order valence-corrected chi connectivity index (χ1v) is 9.24. The van der Waals surface area contributed by atoms with Gasteiger partial charge in [-0.1, -0.05) is 20.3 Å². The van der Waals surface area contributed by atoms with Crippen LogP contribution in [0.3, 0.4) is 0 Å². The van der Waals surface area contributed by atoms with Crippen molar-refractivity contribution in [3.05, 3.63) is 0 Å². The maximum absolute atomic E-state index is 11.6. The average molecular weight is 453 g/mol. The molecule has 1 rings (SSSR count). The highest BCUT2D eigenvalue weighted by Gasteiger charge is 2.19. The number of piperidine rings is 1. The van der Waals surface area contributed by atoms with Gasteiger partial charge in [0.05, 0.1) is 0 Å². The van der Waals surface area contributed by atoms with E-state index in [0.717, 1.165) is 38.1 Å². The van der Waals surface area contributed by atoms with Crippen LogP contribution in [-0.2, 0) is 4.79 Å². The van der Waals surface area contributed by atoms with Gasteiger partial charge in [0.15, 0.2) is 5.96 Å². The molecule has 142 valence electrons. The number of rotatable bonds is 9. The molecule has 0 aromatic carbocycles. The van der Waals surface area contributed by atoms with Gasteiger partial charge in [0.25, 0.3) is 0 Å². The van der Waals surface area contributed by atoms with E-state index in [4.69, 9.17) is 0 Å². The van der Waals surface area contributed by atoms with Gasteiger partial charge in [0, 0.05) is 32.2 Å².